The van der Waals surface area contributed by atoms with Crippen molar-refractivity contribution in [3.63, 3.8) is 0 Å². The van der Waals surface area contributed by atoms with Crippen LogP contribution in [0.1, 0.15) is 56.5 Å². The Balaban J connectivity index is 1.65. The number of sulfone groups is 1. The summed E-state index contributed by atoms with van der Waals surface area (Å²) in [4.78, 5) is 31.8. The second kappa shape index (κ2) is 9.00. The standard InChI is InChI=1S/C25H28F3N3O5S/c1-23(2)17-12-16(21(32)30-24(3)6-9-37(34,35)10-7-24)18(26)13-19(17)31(22(23)33)20-11-15(5-8-29-20)36-14-25(4,27)28/h5,8,11-13H,6-7,9-10,14H2,1-4H3,(H,30,32). The van der Waals surface area contributed by atoms with Crippen molar-refractivity contribution < 1.29 is 35.9 Å². The average Bonchev–Trinajstić information content (AvgIpc) is 2.98. The Morgan fingerprint density at radius 2 is 1.84 bits per heavy atom. The van der Waals surface area contributed by atoms with Crippen LogP contribution in [0.5, 0.6) is 5.75 Å². The first-order chi connectivity index (χ1) is 17.0. The molecule has 0 spiro atoms. The number of anilines is 2. The average molecular weight is 540 g/mol. The highest BCUT2D eigenvalue weighted by Gasteiger charge is 2.46. The molecule has 1 N–H and O–H groups in total. The van der Waals surface area contributed by atoms with Crippen LogP contribution in [0.3, 0.4) is 0 Å². The first-order valence-electron chi connectivity index (χ1n) is 11.7. The Hall–Kier alpha value is -3.15. The molecule has 12 heteroatoms. The number of nitrogens with zero attached hydrogens (tertiary/aromatic N) is 2. The molecule has 200 valence electrons. The lowest BCUT2D eigenvalue weighted by Crippen LogP contribution is -2.51. The molecule has 2 amide bonds. The van der Waals surface area contributed by atoms with E-state index in [0.29, 0.717) is 12.5 Å². The molecule has 0 saturated carbocycles. The van der Waals surface area contributed by atoms with E-state index in [1.165, 1.54) is 29.3 Å². The van der Waals surface area contributed by atoms with Crippen LogP contribution in [-0.4, -0.2) is 54.8 Å². The Bertz CT molecular complexity index is 1360. The van der Waals surface area contributed by atoms with E-state index < -0.39 is 51.0 Å². The first-order valence-corrected chi connectivity index (χ1v) is 13.5. The number of halogens is 3. The summed E-state index contributed by atoms with van der Waals surface area (Å²) in [6.07, 6.45) is 1.71. The molecule has 1 fully saturated rings. The fourth-order valence-corrected chi connectivity index (χ4v) is 6.16. The second-order valence-electron chi connectivity index (χ2n) is 10.5. The minimum absolute atomic E-state index is 0.0567. The first kappa shape index (κ1) is 26.9. The van der Waals surface area contributed by atoms with Crippen molar-refractivity contribution in [1.82, 2.24) is 10.3 Å². The maximum absolute atomic E-state index is 15.3. The molecule has 0 aliphatic carbocycles. The predicted molar refractivity (Wildman–Crippen MR) is 131 cm³/mol. The van der Waals surface area contributed by atoms with Crippen molar-refractivity contribution in [3.05, 3.63) is 47.4 Å². The Morgan fingerprint density at radius 3 is 2.46 bits per heavy atom. The molecular weight excluding hydrogens is 511 g/mol. The Kier molecular flexibility index (Phi) is 6.54. The minimum Gasteiger partial charge on any atom is -0.487 e. The molecule has 0 bridgehead atoms. The summed E-state index contributed by atoms with van der Waals surface area (Å²) in [5.74, 6) is -5.13. The van der Waals surface area contributed by atoms with E-state index in [9.17, 15) is 26.8 Å². The summed E-state index contributed by atoms with van der Waals surface area (Å²) in [6.45, 7) is 4.81. The fraction of sp³-hybridized carbons (Fsp3) is 0.480. The quantitative estimate of drug-likeness (QED) is 0.597. The lowest BCUT2D eigenvalue weighted by atomic mass is 9.85. The largest absolute Gasteiger partial charge is 0.487 e. The molecule has 1 saturated heterocycles. The van der Waals surface area contributed by atoms with Crippen molar-refractivity contribution >= 4 is 33.2 Å². The summed E-state index contributed by atoms with van der Waals surface area (Å²) in [5, 5.41) is 2.76. The van der Waals surface area contributed by atoms with Gasteiger partial charge in [-0.3, -0.25) is 14.5 Å². The molecule has 2 aliphatic heterocycles. The van der Waals surface area contributed by atoms with Crippen molar-refractivity contribution in [2.45, 2.75) is 57.4 Å². The molecule has 2 aliphatic rings. The van der Waals surface area contributed by atoms with Gasteiger partial charge in [0.25, 0.3) is 11.8 Å². The van der Waals surface area contributed by atoms with Crippen molar-refractivity contribution in [2.24, 2.45) is 0 Å². The summed E-state index contributed by atoms with van der Waals surface area (Å²) in [6, 6.07) is 5.07. The highest BCUT2D eigenvalue weighted by Crippen LogP contribution is 2.46. The van der Waals surface area contributed by atoms with Gasteiger partial charge in [-0.15, -0.1) is 0 Å². The van der Waals surface area contributed by atoms with Crippen LogP contribution in [-0.2, 0) is 20.0 Å². The predicted octanol–water partition coefficient (Wildman–Crippen LogP) is 3.91. The molecule has 3 heterocycles. The summed E-state index contributed by atoms with van der Waals surface area (Å²) in [7, 11) is -3.16. The van der Waals surface area contributed by atoms with Gasteiger partial charge in [-0.25, -0.2) is 26.6 Å². The van der Waals surface area contributed by atoms with E-state index >= 15 is 4.39 Å². The smallest absolute Gasteiger partial charge is 0.278 e. The molecule has 0 radical (unpaired) electrons. The van der Waals surface area contributed by atoms with Gasteiger partial charge in [0.2, 0.25) is 5.91 Å². The van der Waals surface area contributed by atoms with Gasteiger partial charge in [-0.05, 0) is 57.4 Å². The van der Waals surface area contributed by atoms with Gasteiger partial charge < -0.3 is 10.1 Å². The van der Waals surface area contributed by atoms with Crippen LogP contribution < -0.4 is 15.0 Å². The number of amides is 2. The number of carbonyl (C=O) groups excluding carboxylic acids is 2. The summed E-state index contributed by atoms with van der Waals surface area (Å²) in [5.41, 5.74) is -1.69. The lowest BCUT2D eigenvalue weighted by Gasteiger charge is -2.34. The third kappa shape index (κ3) is 5.43. The Morgan fingerprint density at radius 1 is 1.19 bits per heavy atom. The van der Waals surface area contributed by atoms with Gasteiger partial charge >= 0.3 is 0 Å². The maximum Gasteiger partial charge on any atom is 0.278 e. The normalized spacial score (nSPS) is 19.9. The number of fused-ring (bicyclic) bond motifs is 1. The van der Waals surface area contributed by atoms with Crippen LogP contribution >= 0.6 is 0 Å². The lowest BCUT2D eigenvalue weighted by molar-refractivity contribution is -0.121. The van der Waals surface area contributed by atoms with Crippen LogP contribution in [0, 0.1) is 5.82 Å². The number of benzene rings is 1. The highest BCUT2D eigenvalue weighted by molar-refractivity contribution is 7.91. The third-order valence-electron chi connectivity index (χ3n) is 6.77. The number of nitrogens with one attached hydrogen (secondary N) is 1. The number of ether oxygens (including phenoxy) is 1. The number of rotatable bonds is 6. The zero-order valence-electron chi connectivity index (χ0n) is 20.9. The van der Waals surface area contributed by atoms with Crippen LogP contribution in [0.15, 0.2) is 30.5 Å². The van der Waals surface area contributed by atoms with E-state index in [2.05, 4.69) is 10.3 Å². The highest BCUT2D eigenvalue weighted by atomic mass is 32.2. The van der Waals surface area contributed by atoms with E-state index in [1.807, 2.05) is 0 Å². The number of alkyl halides is 2. The number of hydrogen-bond donors (Lipinski definition) is 1. The Labute approximate surface area is 213 Å². The van der Waals surface area contributed by atoms with E-state index in [-0.39, 0.29) is 47.2 Å². The van der Waals surface area contributed by atoms with E-state index in [0.717, 1.165) is 6.07 Å². The third-order valence-corrected chi connectivity index (χ3v) is 8.42. The van der Waals surface area contributed by atoms with Gasteiger partial charge in [-0.1, -0.05) is 0 Å². The molecule has 0 unspecified atom stereocenters. The molecule has 4 rings (SSSR count). The molecule has 1 aromatic heterocycles. The number of aromatic nitrogens is 1. The molecule has 2 aromatic rings. The molecular formula is C25H28F3N3O5S. The topological polar surface area (TPSA) is 106 Å². The number of hydrogen-bond acceptors (Lipinski definition) is 6. The molecule has 1 aromatic carbocycles. The SMILES string of the molecule is CC(F)(F)COc1ccnc(N2C(=O)C(C)(C)c3cc(C(=O)NC4(C)CCS(=O)(=O)CC4)c(F)cc32)c1. The van der Waals surface area contributed by atoms with Crippen LogP contribution in [0.2, 0.25) is 0 Å². The van der Waals surface area contributed by atoms with Gasteiger partial charge in [0.05, 0.1) is 28.2 Å². The van der Waals surface area contributed by atoms with Gasteiger partial charge in [-0.2, -0.15) is 0 Å². The van der Waals surface area contributed by atoms with Gasteiger partial charge in [0.1, 0.15) is 27.2 Å². The minimum atomic E-state index is -3.16. The second-order valence-corrected chi connectivity index (χ2v) is 12.8. The van der Waals surface area contributed by atoms with Crippen molar-refractivity contribution in [3.8, 4) is 5.75 Å². The molecule has 37 heavy (non-hydrogen) atoms. The van der Waals surface area contributed by atoms with E-state index in [4.69, 9.17) is 4.74 Å². The maximum atomic E-state index is 15.3. The summed E-state index contributed by atoms with van der Waals surface area (Å²) >= 11 is 0. The zero-order valence-corrected chi connectivity index (χ0v) is 21.7. The van der Waals surface area contributed by atoms with Crippen molar-refractivity contribution in [2.75, 3.05) is 23.0 Å². The summed E-state index contributed by atoms with van der Waals surface area (Å²) < 4.78 is 70.4. The molecule has 0 atom stereocenters. The van der Waals surface area contributed by atoms with Crippen LogP contribution in [0.25, 0.3) is 0 Å². The number of pyridine rings is 1. The van der Waals surface area contributed by atoms with Gasteiger partial charge in [0, 0.05) is 24.7 Å². The van der Waals surface area contributed by atoms with Crippen molar-refractivity contribution in [1.29, 1.82) is 0 Å². The van der Waals surface area contributed by atoms with E-state index in [1.54, 1.807) is 20.8 Å². The monoisotopic (exact) mass is 539 g/mol. The fourth-order valence-electron chi connectivity index (χ4n) is 4.43. The van der Waals surface area contributed by atoms with Gasteiger partial charge in [0.15, 0.2) is 6.61 Å². The molecule has 8 nitrogen and oxygen atoms in total. The number of carbonyl (C=O) groups is 2. The zero-order chi connectivity index (χ0) is 27.4. The van der Waals surface area contributed by atoms with Crippen LogP contribution in [0.4, 0.5) is 24.7 Å².